The first-order chi connectivity index (χ1) is 23.2. The summed E-state index contributed by atoms with van der Waals surface area (Å²) in [4.78, 5) is 2.81. The van der Waals surface area contributed by atoms with Crippen molar-refractivity contribution >= 4 is 34.0 Å². The van der Waals surface area contributed by atoms with Gasteiger partial charge >= 0.3 is 0 Å². The molecule has 0 saturated carbocycles. The van der Waals surface area contributed by atoms with Crippen LogP contribution in [0.3, 0.4) is 0 Å². The van der Waals surface area contributed by atoms with Crippen molar-refractivity contribution in [2.75, 3.05) is 0 Å². The second kappa shape index (κ2) is 22.4. The van der Waals surface area contributed by atoms with Crippen LogP contribution in [0.1, 0.15) is 95.0 Å². The van der Waals surface area contributed by atoms with Crippen molar-refractivity contribution in [1.29, 1.82) is 0 Å². The Bertz CT molecular complexity index is 1460. The van der Waals surface area contributed by atoms with Gasteiger partial charge in [0.05, 0.1) is 40.5 Å². The number of thiophene rings is 3. The summed E-state index contributed by atoms with van der Waals surface area (Å²) in [6.45, 7) is 24.9. The van der Waals surface area contributed by atoms with Crippen molar-refractivity contribution in [1.82, 2.24) is 29.3 Å². The summed E-state index contributed by atoms with van der Waals surface area (Å²) < 4.78 is 5.87. The van der Waals surface area contributed by atoms with Crippen LogP contribution >= 0.6 is 34.0 Å². The number of nitrogens with zero attached hydrogens (tertiary/aromatic N) is 6. The Morgan fingerprint density at radius 1 is 0.542 bits per heavy atom. The summed E-state index contributed by atoms with van der Waals surface area (Å²) in [6.07, 6.45) is 9.04. The minimum atomic E-state index is 1.09. The fourth-order valence-corrected chi connectivity index (χ4v) is 8.08. The van der Waals surface area contributed by atoms with Gasteiger partial charge in [-0.25, -0.2) is 0 Å². The third-order valence-electron chi connectivity index (χ3n) is 7.41. The number of aryl methyl sites for hydroxylation is 9. The maximum absolute atomic E-state index is 4.27. The van der Waals surface area contributed by atoms with Gasteiger partial charge < -0.3 is 0 Å². The van der Waals surface area contributed by atoms with E-state index in [1.165, 1.54) is 65.8 Å². The van der Waals surface area contributed by atoms with Crippen LogP contribution < -0.4 is 0 Å². The lowest BCUT2D eigenvalue weighted by Crippen LogP contribution is -1.95. The maximum atomic E-state index is 4.27. The van der Waals surface area contributed by atoms with E-state index >= 15 is 0 Å². The molecule has 0 atom stereocenters. The van der Waals surface area contributed by atoms with Gasteiger partial charge in [0.25, 0.3) is 0 Å². The van der Waals surface area contributed by atoms with Crippen molar-refractivity contribution in [2.24, 2.45) is 21.1 Å². The van der Waals surface area contributed by atoms with Gasteiger partial charge in [-0.3, -0.25) is 14.0 Å². The van der Waals surface area contributed by atoms with Crippen molar-refractivity contribution < 1.29 is 0 Å². The van der Waals surface area contributed by atoms with Crippen LogP contribution in [0, 0.1) is 20.8 Å². The molecule has 0 aromatic carbocycles. The highest BCUT2D eigenvalue weighted by Gasteiger charge is 2.14. The summed E-state index contributed by atoms with van der Waals surface area (Å²) in [5.41, 5.74) is 13.0. The molecule has 0 radical (unpaired) electrons. The molecule has 0 amide bonds. The van der Waals surface area contributed by atoms with Gasteiger partial charge in [0.2, 0.25) is 0 Å². The summed E-state index contributed by atoms with van der Waals surface area (Å²) in [7, 11) is 6.00. The Morgan fingerprint density at radius 3 is 1.44 bits per heavy atom. The van der Waals surface area contributed by atoms with Gasteiger partial charge in [-0.1, -0.05) is 62.3 Å². The summed E-state index contributed by atoms with van der Waals surface area (Å²) in [6, 6.07) is 4.39. The van der Waals surface area contributed by atoms with Crippen LogP contribution in [0.2, 0.25) is 0 Å². The van der Waals surface area contributed by atoms with Crippen LogP contribution in [0.4, 0.5) is 0 Å². The molecule has 0 unspecified atom stereocenters. The Labute approximate surface area is 303 Å². The van der Waals surface area contributed by atoms with E-state index in [1.807, 2.05) is 107 Å². The largest absolute Gasteiger partial charge is 0.268 e. The molecule has 0 spiro atoms. The lowest BCUT2D eigenvalue weighted by atomic mass is 10.1. The SMILES string of the molecule is CC.CC.CC.CCc1ccsc1-c1c(C)cnn1C.CCc1cscc1-c1c(C)cnn1C.CCc1sccc1-c1c(C)cnn1C. The summed E-state index contributed by atoms with van der Waals surface area (Å²) in [5, 5.41) is 21.6. The highest BCUT2D eigenvalue weighted by atomic mass is 32.1. The molecule has 264 valence electrons. The molecule has 0 aliphatic carbocycles. The van der Waals surface area contributed by atoms with E-state index in [2.05, 4.69) is 90.5 Å². The van der Waals surface area contributed by atoms with Crippen LogP contribution in [0.15, 0.2) is 52.2 Å². The molecule has 6 nitrogen and oxygen atoms in total. The molecular weight excluding hydrogens is 649 g/mol. The van der Waals surface area contributed by atoms with E-state index in [4.69, 9.17) is 0 Å². The predicted molar refractivity (Wildman–Crippen MR) is 216 cm³/mol. The molecule has 9 heteroatoms. The van der Waals surface area contributed by atoms with Gasteiger partial charge in [0, 0.05) is 42.5 Å². The third-order valence-corrected chi connectivity index (χ3v) is 10.2. The van der Waals surface area contributed by atoms with Crippen LogP contribution in [0.5, 0.6) is 0 Å². The molecule has 0 aliphatic rings. The lowest BCUT2D eigenvalue weighted by Gasteiger charge is -2.04. The van der Waals surface area contributed by atoms with Crippen molar-refractivity contribution in [3.05, 3.63) is 84.9 Å². The third kappa shape index (κ3) is 10.6. The first kappa shape index (κ1) is 42.8. The summed E-state index contributed by atoms with van der Waals surface area (Å²) in [5.74, 6) is 0. The van der Waals surface area contributed by atoms with Crippen LogP contribution in [-0.2, 0) is 40.4 Å². The topological polar surface area (TPSA) is 53.5 Å². The molecule has 48 heavy (non-hydrogen) atoms. The van der Waals surface area contributed by atoms with Gasteiger partial charge in [0.15, 0.2) is 0 Å². The van der Waals surface area contributed by atoms with Gasteiger partial charge in [0.1, 0.15) is 0 Å². The lowest BCUT2D eigenvalue weighted by molar-refractivity contribution is 0.775. The van der Waals surface area contributed by atoms with Gasteiger partial charge in [-0.15, -0.1) is 22.7 Å². The highest BCUT2D eigenvalue weighted by molar-refractivity contribution is 7.13. The average Bonchev–Trinajstić information content (AvgIpc) is 3.98. The Kier molecular flexibility index (Phi) is 19.9. The molecule has 0 saturated heterocycles. The van der Waals surface area contributed by atoms with E-state index in [-0.39, 0.29) is 0 Å². The van der Waals surface area contributed by atoms with E-state index in [0.29, 0.717) is 0 Å². The Morgan fingerprint density at radius 2 is 1.00 bits per heavy atom. The first-order valence-electron chi connectivity index (χ1n) is 17.4. The van der Waals surface area contributed by atoms with Crippen LogP contribution in [-0.4, -0.2) is 29.3 Å². The Balaban J connectivity index is 0.000000333. The molecule has 6 aromatic heterocycles. The van der Waals surface area contributed by atoms with E-state index < -0.39 is 0 Å². The number of rotatable bonds is 6. The monoisotopic (exact) mass is 708 g/mol. The molecule has 0 N–H and O–H groups in total. The zero-order valence-electron chi connectivity index (χ0n) is 32.2. The maximum Gasteiger partial charge on any atom is 0.0810 e. The van der Waals surface area contributed by atoms with E-state index in [0.717, 1.165) is 19.3 Å². The van der Waals surface area contributed by atoms with Crippen LogP contribution in [0.25, 0.3) is 33.1 Å². The highest BCUT2D eigenvalue weighted by Crippen LogP contribution is 2.32. The van der Waals surface area contributed by atoms with Gasteiger partial charge in [-0.05, 0) is 96.1 Å². The quantitative estimate of drug-likeness (QED) is 0.173. The minimum Gasteiger partial charge on any atom is -0.268 e. The number of hydrogen-bond donors (Lipinski definition) is 0. The fraction of sp³-hybridized carbons (Fsp3) is 0.462. The van der Waals surface area contributed by atoms with Crippen molar-refractivity contribution in [2.45, 2.75) is 102 Å². The molecular formula is C39H60N6S3. The normalized spacial score (nSPS) is 9.81. The number of aromatic nitrogens is 6. The second-order valence-electron chi connectivity index (χ2n) is 10.3. The minimum absolute atomic E-state index is 1.09. The zero-order valence-corrected chi connectivity index (χ0v) is 34.7. The molecule has 0 aliphatic heterocycles. The molecule has 6 heterocycles. The average molecular weight is 709 g/mol. The van der Waals surface area contributed by atoms with Gasteiger partial charge in [-0.2, -0.15) is 26.6 Å². The van der Waals surface area contributed by atoms with E-state index in [9.17, 15) is 0 Å². The fourth-order valence-electron chi connectivity index (χ4n) is 5.19. The smallest absolute Gasteiger partial charge is 0.0810 e. The van der Waals surface area contributed by atoms with E-state index in [1.54, 1.807) is 22.7 Å². The standard InChI is InChI=1S/3C11H14N2S.3C2H6/c1-4-9-6-14-7-10(9)11-8(2)5-12-13(11)3;1-4-10-9(5-6-14-10)11-8(2)7-12-13(11)3;1-4-9-5-6-14-11(9)10-8(2)7-12-13(10)3;3*1-2/h3*5-7H,4H2,1-3H3;3*1-2H3. The predicted octanol–water partition coefficient (Wildman–Crippen LogP) is 12.1. The second-order valence-corrected chi connectivity index (χ2v) is 13.0. The molecule has 6 aromatic rings. The molecule has 6 rings (SSSR count). The Hall–Kier alpha value is -3.27. The summed E-state index contributed by atoms with van der Waals surface area (Å²) >= 11 is 5.39. The molecule has 0 bridgehead atoms. The van der Waals surface area contributed by atoms with Crippen molar-refractivity contribution in [3.8, 4) is 33.1 Å². The van der Waals surface area contributed by atoms with Crippen molar-refractivity contribution in [3.63, 3.8) is 0 Å². The zero-order chi connectivity index (χ0) is 36.4. The number of hydrogen-bond acceptors (Lipinski definition) is 6. The molecule has 0 fully saturated rings. The first-order valence-corrected chi connectivity index (χ1v) is 20.1.